The molecule has 0 amide bonds. The quantitative estimate of drug-likeness (QED) is 0.0222. The Balaban J connectivity index is 5.19. The standard InChI is InChI=1S/C69H134O17P2/c1-7-9-11-13-15-17-18-22-26-29-33-40-46-52-67(72)80-57-64(85-68(73)53-47-41-34-30-27-24-21-19-20-23-25-28-31-37-43-49-61(3)4)59-83-87(75,76)81-55-63(70)56-82-88(77,78)84-60-65(58-79-66(71)51-45-39-32-16-14-12-10-8-2)86-69(74)54-48-42-36-35-38-44-50-62(5)6/h61-65,70H,7-60H2,1-6H3,(H,75,76)(H,77,78)/t63-,64-,65-/m1/s1. The van der Waals surface area contributed by atoms with Crippen LogP contribution in [0.1, 0.15) is 350 Å². The maximum absolute atomic E-state index is 13.0. The van der Waals surface area contributed by atoms with Gasteiger partial charge in [-0.3, -0.25) is 37.3 Å². The summed E-state index contributed by atoms with van der Waals surface area (Å²) < 4.78 is 68.1. The largest absolute Gasteiger partial charge is 0.472 e. The second-order valence-electron chi connectivity index (χ2n) is 25.9. The van der Waals surface area contributed by atoms with Crippen molar-refractivity contribution >= 4 is 39.5 Å². The van der Waals surface area contributed by atoms with Crippen LogP contribution in [0.3, 0.4) is 0 Å². The summed E-state index contributed by atoms with van der Waals surface area (Å²) in [6.07, 6.45) is 46.0. The van der Waals surface area contributed by atoms with Gasteiger partial charge in [0.1, 0.15) is 19.3 Å². The van der Waals surface area contributed by atoms with Gasteiger partial charge in [-0.2, -0.15) is 0 Å². The van der Waals surface area contributed by atoms with Crippen molar-refractivity contribution in [2.45, 2.75) is 368 Å². The third-order valence-electron chi connectivity index (χ3n) is 16.0. The average molecular weight is 1300 g/mol. The lowest BCUT2D eigenvalue weighted by Crippen LogP contribution is -2.30. The van der Waals surface area contributed by atoms with Gasteiger partial charge >= 0.3 is 39.5 Å². The maximum Gasteiger partial charge on any atom is 0.472 e. The SMILES string of the molecule is CCCCCCCCCCCCCCCC(=O)OC[C@H](COP(=O)(O)OC[C@@H](O)COP(=O)(O)OC[C@@H](COC(=O)CCCCCCCCCC)OC(=O)CCCCCCCCC(C)C)OC(=O)CCCCCCCCCCCCCCCCCC(C)C. The van der Waals surface area contributed by atoms with Crippen molar-refractivity contribution in [2.24, 2.45) is 11.8 Å². The number of rotatable bonds is 68. The summed E-state index contributed by atoms with van der Waals surface area (Å²) >= 11 is 0. The summed E-state index contributed by atoms with van der Waals surface area (Å²) in [6, 6.07) is 0. The number of hydrogen-bond donors (Lipinski definition) is 3. The van der Waals surface area contributed by atoms with Gasteiger partial charge in [0.15, 0.2) is 12.2 Å². The number of phosphoric ester groups is 2. The summed E-state index contributed by atoms with van der Waals surface area (Å²) in [4.78, 5) is 72.3. The van der Waals surface area contributed by atoms with Crippen molar-refractivity contribution in [3.05, 3.63) is 0 Å². The minimum absolute atomic E-state index is 0.102. The molecule has 522 valence electrons. The Morgan fingerprint density at radius 1 is 0.307 bits per heavy atom. The molecular weight excluding hydrogens is 1160 g/mol. The highest BCUT2D eigenvalue weighted by molar-refractivity contribution is 7.47. The van der Waals surface area contributed by atoms with Gasteiger partial charge in [0.05, 0.1) is 26.4 Å². The second kappa shape index (κ2) is 61.3. The fourth-order valence-electron chi connectivity index (χ4n) is 10.4. The molecule has 3 N–H and O–H groups in total. The Labute approximate surface area is 537 Å². The number of aliphatic hydroxyl groups is 1. The molecule has 88 heavy (non-hydrogen) atoms. The van der Waals surface area contributed by atoms with Crippen LogP contribution in [-0.4, -0.2) is 96.7 Å². The summed E-state index contributed by atoms with van der Waals surface area (Å²) in [5.41, 5.74) is 0. The molecule has 0 saturated heterocycles. The Hall–Kier alpha value is -1.94. The fourth-order valence-corrected chi connectivity index (χ4v) is 12.0. The summed E-state index contributed by atoms with van der Waals surface area (Å²) in [6.45, 7) is 9.45. The number of carbonyl (C=O) groups excluding carboxylic acids is 4. The van der Waals surface area contributed by atoms with Gasteiger partial charge in [-0.05, 0) is 37.5 Å². The van der Waals surface area contributed by atoms with Crippen LogP contribution in [0.4, 0.5) is 0 Å². The third-order valence-corrected chi connectivity index (χ3v) is 17.9. The minimum Gasteiger partial charge on any atom is -0.462 e. The van der Waals surface area contributed by atoms with E-state index in [1.807, 2.05) is 0 Å². The molecule has 0 heterocycles. The molecule has 0 fully saturated rings. The van der Waals surface area contributed by atoms with Crippen LogP contribution < -0.4 is 0 Å². The Kier molecular flexibility index (Phi) is 59.9. The molecule has 2 unspecified atom stereocenters. The first-order valence-corrected chi connectivity index (χ1v) is 39.0. The zero-order valence-electron chi connectivity index (χ0n) is 57.0. The van der Waals surface area contributed by atoms with E-state index in [2.05, 4.69) is 41.5 Å². The van der Waals surface area contributed by atoms with Gasteiger partial charge in [0.2, 0.25) is 0 Å². The highest BCUT2D eigenvalue weighted by Gasteiger charge is 2.30. The lowest BCUT2D eigenvalue weighted by molar-refractivity contribution is -0.161. The molecule has 0 spiro atoms. The predicted octanol–water partition coefficient (Wildman–Crippen LogP) is 19.6. The van der Waals surface area contributed by atoms with Crippen LogP contribution in [0.25, 0.3) is 0 Å². The van der Waals surface area contributed by atoms with E-state index in [1.54, 1.807) is 0 Å². The van der Waals surface area contributed by atoms with Gasteiger partial charge in [-0.15, -0.1) is 0 Å². The van der Waals surface area contributed by atoms with Crippen LogP contribution in [0.15, 0.2) is 0 Å². The summed E-state index contributed by atoms with van der Waals surface area (Å²) in [5, 5.41) is 10.6. The van der Waals surface area contributed by atoms with Gasteiger partial charge < -0.3 is 33.8 Å². The Morgan fingerprint density at radius 3 is 0.773 bits per heavy atom. The van der Waals surface area contributed by atoms with E-state index >= 15 is 0 Å². The predicted molar refractivity (Wildman–Crippen MR) is 354 cm³/mol. The second-order valence-corrected chi connectivity index (χ2v) is 28.8. The average Bonchev–Trinajstić information content (AvgIpc) is 3.67. The molecule has 0 saturated carbocycles. The number of ether oxygens (including phenoxy) is 4. The molecule has 0 bridgehead atoms. The van der Waals surface area contributed by atoms with Crippen LogP contribution in [0, 0.1) is 11.8 Å². The van der Waals surface area contributed by atoms with E-state index < -0.39 is 97.5 Å². The Bertz CT molecular complexity index is 1720. The molecule has 19 heteroatoms. The Morgan fingerprint density at radius 2 is 0.523 bits per heavy atom. The lowest BCUT2D eigenvalue weighted by atomic mass is 10.0. The molecule has 0 aliphatic carbocycles. The topological polar surface area (TPSA) is 237 Å². The first-order valence-electron chi connectivity index (χ1n) is 36.0. The first-order chi connectivity index (χ1) is 42.4. The molecule has 0 aliphatic rings. The van der Waals surface area contributed by atoms with E-state index in [9.17, 15) is 43.2 Å². The smallest absolute Gasteiger partial charge is 0.462 e. The molecule has 0 aromatic heterocycles. The van der Waals surface area contributed by atoms with E-state index in [0.29, 0.717) is 31.6 Å². The van der Waals surface area contributed by atoms with Crippen LogP contribution >= 0.6 is 15.6 Å². The van der Waals surface area contributed by atoms with Crippen molar-refractivity contribution in [1.29, 1.82) is 0 Å². The van der Waals surface area contributed by atoms with Gasteiger partial charge in [-0.1, -0.05) is 298 Å². The van der Waals surface area contributed by atoms with Crippen LogP contribution in [0.2, 0.25) is 0 Å². The molecule has 17 nitrogen and oxygen atoms in total. The normalized spacial score (nSPS) is 14.2. The van der Waals surface area contributed by atoms with E-state index in [1.165, 1.54) is 161 Å². The third kappa shape index (κ3) is 62.8. The first kappa shape index (κ1) is 86.1. The minimum atomic E-state index is -4.95. The van der Waals surface area contributed by atoms with Crippen molar-refractivity contribution in [3.63, 3.8) is 0 Å². The van der Waals surface area contributed by atoms with Gasteiger partial charge in [0.25, 0.3) is 0 Å². The van der Waals surface area contributed by atoms with E-state index in [4.69, 9.17) is 37.0 Å². The summed E-state index contributed by atoms with van der Waals surface area (Å²) in [7, 11) is -9.89. The molecule has 0 aromatic rings. The number of esters is 4. The zero-order valence-corrected chi connectivity index (χ0v) is 58.8. The summed E-state index contributed by atoms with van der Waals surface area (Å²) in [5.74, 6) is -0.659. The number of phosphoric acid groups is 2. The number of aliphatic hydroxyl groups excluding tert-OH is 1. The van der Waals surface area contributed by atoms with Crippen LogP contribution in [-0.2, 0) is 65.4 Å². The monoisotopic (exact) mass is 1300 g/mol. The number of carbonyl (C=O) groups is 4. The number of unbranched alkanes of at least 4 members (excludes halogenated alkanes) is 38. The highest BCUT2D eigenvalue weighted by atomic mass is 31.2. The van der Waals surface area contributed by atoms with Crippen molar-refractivity contribution < 1.29 is 80.2 Å². The fraction of sp³-hybridized carbons (Fsp3) is 0.942. The zero-order chi connectivity index (χ0) is 65.0. The van der Waals surface area contributed by atoms with Gasteiger partial charge in [0, 0.05) is 25.7 Å². The molecule has 0 aliphatic heterocycles. The number of hydrogen-bond acceptors (Lipinski definition) is 15. The van der Waals surface area contributed by atoms with Crippen LogP contribution in [0.5, 0.6) is 0 Å². The molecule has 0 aromatic carbocycles. The van der Waals surface area contributed by atoms with Crippen molar-refractivity contribution in [2.75, 3.05) is 39.6 Å². The molecule has 5 atom stereocenters. The maximum atomic E-state index is 13.0. The van der Waals surface area contributed by atoms with Gasteiger partial charge in [-0.25, -0.2) is 9.13 Å². The van der Waals surface area contributed by atoms with Crippen molar-refractivity contribution in [3.8, 4) is 0 Å². The van der Waals surface area contributed by atoms with Crippen molar-refractivity contribution in [1.82, 2.24) is 0 Å². The highest BCUT2D eigenvalue weighted by Crippen LogP contribution is 2.45. The van der Waals surface area contributed by atoms with E-state index in [0.717, 1.165) is 102 Å². The molecular formula is C69H134O17P2. The molecule has 0 radical (unpaired) electrons. The van der Waals surface area contributed by atoms with E-state index in [-0.39, 0.29) is 25.7 Å². The molecule has 0 rings (SSSR count). The lowest BCUT2D eigenvalue weighted by Gasteiger charge is -2.21.